The number of hydrogen-bond acceptors (Lipinski definition) is 3. The van der Waals surface area contributed by atoms with Gasteiger partial charge in [-0.1, -0.05) is 6.07 Å². The summed E-state index contributed by atoms with van der Waals surface area (Å²) in [6.07, 6.45) is 5.20. The fourth-order valence-electron chi connectivity index (χ4n) is 1.98. The molecule has 1 aliphatic rings. The smallest absolute Gasteiger partial charge is 0.0613 e. The first-order valence-corrected chi connectivity index (χ1v) is 5.52. The molecule has 0 aromatic carbocycles. The predicted molar refractivity (Wildman–Crippen MR) is 59.5 cm³/mol. The fraction of sp³-hybridized carbons (Fsp3) is 0.583. The van der Waals surface area contributed by atoms with E-state index in [1.807, 2.05) is 19.2 Å². The van der Waals surface area contributed by atoms with E-state index in [0.717, 1.165) is 25.1 Å². The summed E-state index contributed by atoms with van der Waals surface area (Å²) in [5.74, 6) is 0. The van der Waals surface area contributed by atoms with Crippen molar-refractivity contribution in [3.8, 4) is 0 Å². The minimum absolute atomic E-state index is 0.0116. The molecule has 1 fully saturated rings. The van der Waals surface area contributed by atoms with Crippen LogP contribution < -0.4 is 5.32 Å². The van der Waals surface area contributed by atoms with Gasteiger partial charge in [0.25, 0.3) is 0 Å². The van der Waals surface area contributed by atoms with Gasteiger partial charge in [0, 0.05) is 24.0 Å². The van der Waals surface area contributed by atoms with E-state index in [4.69, 9.17) is 0 Å². The van der Waals surface area contributed by atoms with E-state index in [9.17, 15) is 5.11 Å². The summed E-state index contributed by atoms with van der Waals surface area (Å²) in [7, 11) is 0. The quantitative estimate of drug-likeness (QED) is 0.782. The van der Waals surface area contributed by atoms with E-state index >= 15 is 0 Å². The van der Waals surface area contributed by atoms with Gasteiger partial charge in [-0.05, 0) is 37.8 Å². The van der Waals surface area contributed by atoms with Crippen molar-refractivity contribution in [2.45, 2.75) is 38.3 Å². The predicted octanol–water partition coefficient (Wildman–Crippen LogP) is 1.39. The Morgan fingerprint density at radius 1 is 1.53 bits per heavy atom. The van der Waals surface area contributed by atoms with E-state index in [-0.39, 0.29) is 12.1 Å². The molecule has 0 saturated heterocycles. The van der Waals surface area contributed by atoms with Crippen molar-refractivity contribution >= 4 is 0 Å². The molecule has 3 heteroatoms. The monoisotopic (exact) mass is 206 g/mol. The van der Waals surface area contributed by atoms with Crippen LogP contribution in [0.5, 0.6) is 0 Å². The molecule has 15 heavy (non-hydrogen) atoms. The maximum absolute atomic E-state index is 9.31. The number of hydrogen-bond donors (Lipinski definition) is 2. The third-order valence-electron chi connectivity index (χ3n) is 3.38. The number of pyridine rings is 1. The summed E-state index contributed by atoms with van der Waals surface area (Å²) in [6, 6.07) is 4.04. The first kappa shape index (κ1) is 10.6. The second kappa shape index (κ2) is 4.29. The average Bonchev–Trinajstić information content (AvgIpc) is 2.19. The molecule has 0 atom stereocenters. The first-order chi connectivity index (χ1) is 7.26. The minimum atomic E-state index is -0.0116. The number of aliphatic hydroxyl groups excluding tert-OH is 1. The minimum Gasteiger partial charge on any atom is -0.394 e. The lowest BCUT2D eigenvalue weighted by Crippen LogP contribution is -2.53. The van der Waals surface area contributed by atoms with Crippen molar-refractivity contribution in [1.82, 2.24) is 10.3 Å². The lowest BCUT2D eigenvalue weighted by Gasteiger charge is -2.41. The molecule has 0 radical (unpaired) electrons. The van der Waals surface area contributed by atoms with Gasteiger partial charge in [0.2, 0.25) is 0 Å². The van der Waals surface area contributed by atoms with Crippen LogP contribution in [0, 0.1) is 6.92 Å². The van der Waals surface area contributed by atoms with Crippen molar-refractivity contribution in [2.75, 3.05) is 6.61 Å². The molecule has 1 aromatic rings. The van der Waals surface area contributed by atoms with Crippen LogP contribution in [0.1, 0.15) is 30.5 Å². The van der Waals surface area contributed by atoms with E-state index in [1.54, 1.807) is 0 Å². The molecule has 1 heterocycles. The highest BCUT2D eigenvalue weighted by Crippen LogP contribution is 2.31. The van der Waals surface area contributed by atoms with Gasteiger partial charge in [-0.3, -0.25) is 4.98 Å². The molecular formula is C12H18N2O. The van der Waals surface area contributed by atoms with E-state index in [2.05, 4.69) is 16.4 Å². The molecule has 82 valence electrons. The first-order valence-electron chi connectivity index (χ1n) is 5.52. The van der Waals surface area contributed by atoms with Crippen LogP contribution in [0.25, 0.3) is 0 Å². The molecule has 2 rings (SSSR count). The van der Waals surface area contributed by atoms with Crippen LogP contribution in [0.4, 0.5) is 0 Å². The molecule has 3 nitrogen and oxygen atoms in total. The van der Waals surface area contributed by atoms with E-state index < -0.39 is 0 Å². The maximum Gasteiger partial charge on any atom is 0.0613 e. The van der Waals surface area contributed by atoms with Gasteiger partial charge < -0.3 is 10.4 Å². The van der Waals surface area contributed by atoms with Crippen LogP contribution in [0.2, 0.25) is 0 Å². The zero-order valence-electron chi connectivity index (χ0n) is 9.16. The van der Waals surface area contributed by atoms with Crippen molar-refractivity contribution in [2.24, 2.45) is 0 Å². The highest BCUT2D eigenvalue weighted by Gasteiger charge is 2.35. The van der Waals surface area contributed by atoms with Gasteiger partial charge in [0.15, 0.2) is 0 Å². The molecule has 0 aliphatic heterocycles. The topological polar surface area (TPSA) is 45.2 Å². The normalized spacial score (nSPS) is 18.5. The Balaban J connectivity index is 1.95. The number of aliphatic hydroxyl groups is 1. The third-order valence-corrected chi connectivity index (χ3v) is 3.38. The summed E-state index contributed by atoms with van der Waals surface area (Å²) in [5, 5.41) is 12.8. The highest BCUT2D eigenvalue weighted by molar-refractivity contribution is 5.18. The molecule has 1 aromatic heterocycles. The van der Waals surface area contributed by atoms with Crippen molar-refractivity contribution in [3.05, 3.63) is 29.6 Å². The van der Waals surface area contributed by atoms with E-state index in [0.29, 0.717) is 0 Å². The maximum atomic E-state index is 9.31. The molecule has 0 bridgehead atoms. The Labute approximate surface area is 90.5 Å². The van der Waals surface area contributed by atoms with Crippen molar-refractivity contribution in [1.29, 1.82) is 0 Å². The summed E-state index contributed by atoms with van der Waals surface area (Å²) >= 11 is 0. The summed E-state index contributed by atoms with van der Waals surface area (Å²) in [5.41, 5.74) is 2.28. The van der Waals surface area contributed by atoms with Crippen molar-refractivity contribution < 1.29 is 5.11 Å². The lowest BCUT2D eigenvalue weighted by atomic mass is 9.77. The number of nitrogens with one attached hydrogen (secondary N) is 1. The van der Waals surface area contributed by atoms with Gasteiger partial charge in [-0.2, -0.15) is 0 Å². The number of nitrogens with zero attached hydrogens (tertiary/aromatic N) is 1. The number of rotatable bonds is 4. The van der Waals surface area contributed by atoms with Crippen LogP contribution in [-0.4, -0.2) is 22.2 Å². The van der Waals surface area contributed by atoms with Crippen LogP contribution in [0.3, 0.4) is 0 Å². The van der Waals surface area contributed by atoms with Crippen LogP contribution in [-0.2, 0) is 6.54 Å². The zero-order valence-corrected chi connectivity index (χ0v) is 9.16. The molecule has 0 unspecified atom stereocenters. The second-order valence-corrected chi connectivity index (χ2v) is 4.39. The largest absolute Gasteiger partial charge is 0.394 e. The Morgan fingerprint density at radius 3 is 2.87 bits per heavy atom. The Hall–Kier alpha value is -0.930. The fourth-order valence-corrected chi connectivity index (χ4v) is 1.98. The van der Waals surface area contributed by atoms with Crippen LogP contribution in [0.15, 0.2) is 18.3 Å². The summed E-state index contributed by atoms with van der Waals surface area (Å²) in [4.78, 5) is 4.25. The average molecular weight is 206 g/mol. The number of aryl methyl sites for hydroxylation is 1. The van der Waals surface area contributed by atoms with Gasteiger partial charge in [-0.15, -0.1) is 0 Å². The van der Waals surface area contributed by atoms with Crippen LogP contribution >= 0.6 is 0 Å². The van der Waals surface area contributed by atoms with Gasteiger partial charge >= 0.3 is 0 Å². The highest BCUT2D eigenvalue weighted by atomic mass is 16.3. The lowest BCUT2D eigenvalue weighted by molar-refractivity contribution is 0.0871. The van der Waals surface area contributed by atoms with E-state index in [1.165, 1.54) is 12.0 Å². The summed E-state index contributed by atoms with van der Waals surface area (Å²) in [6.45, 7) is 3.07. The van der Waals surface area contributed by atoms with Crippen molar-refractivity contribution in [3.63, 3.8) is 0 Å². The third kappa shape index (κ3) is 2.19. The molecule has 0 amide bonds. The molecule has 1 aliphatic carbocycles. The van der Waals surface area contributed by atoms with Gasteiger partial charge in [0.1, 0.15) is 0 Å². The zero-order chi connectivity index (χ0) is 10.7. The number of aromatic nitrogens is 1. The van der Waals surface area contributed by atoms with Gasteiger partial charge in [0.05, 0.1) is 6.61 Å². The Bertz CT molecular complexity index is 329. The Kier molecular flexibility index (Phi) is 3.03. The molecular weight excluding hydrogens is 188 g/mol. The summed E-state index contributed by atoms with van der Waals surface area (Å²) < 4.78 is 0. The standard InChI is InChI=1S/C12H18N2O/c1-10-11(4-2-7-13-10)8-14-12(9-15)5-3-6-12/h2,4,7,14-15H,3,5-6,8-9H2,1H3. The molecule has 2 N–H and O–H groups in total. The van der Waals surface area contributed by atoms with Gasteiger partial charge in [-0.25, -0.2) is 0 Å². The second-order valence-electron chi connectivity index (χ2n) is 4.39. The SMILES string of the molecule is Cc1ncccc1CNC1(CO)CCC1. The molecule has 0 spiro atoms. The Morgan fingerprint density at radius 2 is 2.33 bits per heavy atom. The molecule has 1 saturated carbocycles.